The van der Waals surface area contributed by atoms with Crippen molar-refractivity contribution in [2.24, 2.45) is 11.7 Å². The van der Waals surface area contributed by atoms with Crippen molar-refractivity contribution in [1.82, 2.24) is 10.6 Å². The number of carbonyl (C=O) groups excluding carboxylic acids is 2. The number of hydrogen-bond acceptors (Lipinski definition) is 6. The van der Waals surface area contributed by atoms with Crippen molar-refractivity contribution in [1.29, 1.82) is 0 Å². The molecule has 0 unspecified atom stereocenters. The molecule has 144 valence electrons. The van der Waals surface area contributed by atoms with E-state index in [-0.39, 0.29) is 18.8 Å². The number of carboxylic acids is 2. The fourth-order valence-corrected chi connectivity index (χ4v) is 2.45. The van der Waals surface area contributed by atoms with Gasteiger partial charge in [0.25, 0.3) is 0 Å². The second kappa shape index (κ2) is 11.7. The van der Waals surface area contributed by atoms with Crippen molar-refractivity contribution in [3.8, 4) is 0 Å². The zero-order chi connectivity index (χ0) is 19.6. The number of thioether (sulfide) groups is 1. The predicted octanol–water partition coefficient (Wildman–Crippen LogP) is -0.358. The molecule has 2 amide bonds. The summed E-state index contributed by atoms with van der Waals surface area (Å²) in [5.41, 5.74) is 5.74. The minimum atomic E-state index is -1.21. The molecule has 0 saturated carbocycles. The van der Waals surface area contributed by atoms with Gasteiger partial charge in [0.2, 0.25) is 11.8 Å². The van der Waals surface area contributed by atoms with Crippen molar-refractivity contribution in [2.45, 2.75) is 51.2 Å². The molecule has 25 heavy (non-hydrogen) atoms. The Morgan fingerprint density at radius 2 is 1.64 bits per heavy atom. The molecule has 9 nitrogen and oxygen atoms in total. The van der Waals surface area contributed by atoms with Crippen LogP contribution in [0.25, 0.3) is 0 Å². The van der Waals surface area contributed by atoms with E-state index in [0.29, 0.717) is 12.2 Å². The van der Waals surface area contributed by atoms with Gasteiger partial charge in [-0.25, -0.2) is 4.79 Å². The lowest BCUT2D eigenvalue weighted by Gasteiger charge is -2.24. The van der Waals surface area contributed by atoms with Gasteiger partial charge >= 0.3 is 11.9 Å². The topological polar surface area (TPSA) is 159 Å². The molecule has 0 radical (unpaired) electrons. The summed E-state index contributed by atoms with van der Waals surface area (Å²) in [7, 11) is 0. The van der Waals surface area contributed by atoms with Crippen LogP contribution in [0.1, 0.15) is 33.1 Å². The molecule has 0 bridgehead atoms. The number of carbonyl (C=O) groups is 4. The quantitative estimate of drug-likeness (QED) is 0.308. The molecule has 0 rings (SSSR count). The van der Waals surface area contributed by atoms with E-state index >= 15 is 0 Å². The molecule has 0 fully saturated rings. The maximum atomic E-state index is 12.3. The Morgan fingerprint density at radius 1 is 1.04 bits per heavy atom. The summed E-state index contributed by atoms with van der Waals surface area (Å²) < 4.78 is 0. The van der Waals surface area contributed by atoms with Gasteiger partial charge in [-0.3, -0.25) is 14.4 Å². The normalized spacial score (nSPS) is 14.4. The van der Waals surface area contributed by atoms with Crippen LogP contribution in [-0.2, 0) is 19.2 Å². The molecule has 0 aliphatic carbocycles. The third kappa shape index (κ3) is 9.30. The van der Waals surface area contributed by atoms with Crippen LogP contribution in [0.3, 0.4) is 0 Å². The number of carboxylic acid groups (broad SMARTS) is 2. The largest absolute Gasteiger partial charge is 0.481 e. The minimum absolute atomic E-state index is 0.160. The molecule has 0 aromatic rings. The maximum absolute atomic E-state index is 12.3. The summed E-state index contributed by atoms with van der Waals surface area (Å²) in [5, 5.41) is 22.7. The van der Waals surface area contributed by atoms with Crippen molar-refractivity contribution < 1.29 is 29.4 Å². The summed E-state index contributed by atoms with van der Waals surface area (Å²) in [6.07, 6.45) is 1.76. The summed E-state index contributed by atoms with van der Waals surface area (Å²) in [6, 6.07) is -3.13. The summed E-state index contributed by atoms with van der Waals surface area (Å²) in [4.78, 5) is 46.3. The molecule has 6 N–H and O–H groups in total. The Kier molecular flexibility index (Phi) is 10.8. The zero-order valence-electron chi connectivity index (χ0n) is 14.7. The van der Waals surface area contributed by atoms with E-state index in [1.807, 2.05) is 6.26 Å². The number of nitrogens with one attached hydrogen (secondary N) is 2. The number of amides is 2. The molecule has 0 heterocycles. The van der Waals surface area contributed by atoms with Crippen molar-refractivity contribution in [3.05, 3.63) is 0 Å². The second-order valence-electron chi connectivity index (χ2n) is 5.95. The Balaban J connectivity index is 5.01. The summed E-state index contributed by atoms with van der Waals surface area (Å²) in [6.45, 7) is 3.25. The molecule has 10 heteroatoms. The van der Waals surface area contributed by atoms with Gasteiger partial charge in [-0.05, 0) is 30.8 Å². The predicted molar refractivity (Wildman–Crippen MR) is 94.2 cm³/mol. The van der Waals surface area contributed by atoms with Gasteiger partial charge in [-0.1, -0.05) is 13.8 Å². The zero-order valence-corrected chi connectivity index (χ0v) is 15.5. The van der Waals surface area contributed by atoms with Crippen LogP contribution in [0.5, 0.6) is 0 Å². The molecule has 0 aliphatic heterocycles. The van der Waals surface area contributed by atoms with Crippen LogP contribution in [0.15, 0.2) is 0 Å². The number of nitrogens with two attached hydrogens (primary N) is 1. The minimum Gasteiger partial charge on any atom is -0.481 e. The van der Waals surface area contributed by atoms with E-state index in [4.69, 9.17) is 15.9 Å². The first-order valence-electron chi connectivity index (χ1n) is 7.90. The molecule has 0 aliphatic rings. The van der Waals surface area contributed by atoms with Crippen LogP contribution in [0.2, 0.25) is 0 Å². The Labute approximate surface area is 151 Å². The first kappa shape index (κ1) is 23.2. The van der Waals surface area contributed by atoms with Gasteiger partial charge in [0.1, 0.15) is 12.1 Å². The van der Waals surface area contributed by atoms with E-state index in [9.17, 15) is 19.2 Å². The van der Waals surface area contributed by atoms with Gasteiger partial charge < -0.3 is 26.6 Å². The van der Waals surface area contributed by atoms with Gasteiger partial charge in [0.15, 0.2) is 0 Å². The Bertz CT molecular complexity index is 486. The van der Waals surface area contributed by atoms with Gasteiger partial charge in [-0.15, -0.1) is 0 Å². The average molecular weight is 377 g/mol. The highest BCUT2D eigenvalue weighted by Crippen LogP contribution is 2.06. The Hall–Kier alpha value is -1.81. The van der Waals surface area contributed by atoms with Crippen molar-refractivity contribution in [3.63, 3.8) is 0 Å². The van der Waals surface area contributed by atoms with Crippen LogP contribution in [0.4, 0.5) is 0 Å². The highest BCUT2D eigenvalue weighted by Gasteiger charge is 2.29. The number of hydrogen-bond donors (Lipinski definition) is 5. The second-order valence-corrected chi connectivity index (χ2v) is 6.94. The van der Waals surface area contributed by atoms with Crippen LogP contribution in [-0.4, -0.2) is 64.1 Å². The van der Waals surface area contributed by atoms with E-state index in [1.54, 1.807) is 13.8 Å². The van der Waals surface area contributed by atoms with Crippen molar-refractivity contribution >= 4 is 35.5 Å². The maximum Gasteiger partial charge on any atom is 0.326 e. The van der Waals surface area contributed by atoms with Crippen LogP contribution >= 0.6 is 11.8 Å². The molecular formula is C15H27N3O6S. The monoisotopic (exact) mass is 377 g/mol. The first-order chi connectivity index (χ1) is 11.6. The van der Waals surface area contributed by atoms with E-state index < -0.39 is 41.9 Å². The van der Waals surface area contributed by atoms with Crippen LogP contribution in [0, 0.1) is 5.92 Å². The molecule has 0 aromatic carbocycles. The molecule has 3 atom stereocenters. The first-order valence-corrected chi connectivity index (χ1v) is 9.29. The molecule has 0 spiro atoms. The molecule has 0 saturated heterocycles. The van der Waals surface area contributed by atoms with Gasteiger partial charge in [0, 0.05) is 6.42 Å². The fourth-order valence-electron chi connectivity index (χ4n) is 1.96. The SMILES string of the molecule is CSCC[C@H](N)C(=O)N[C@@H](CCC(=O)O)C(=O)N[C@H](C(=O)O)C(C)C. The lowest BCUT2D eigenvalue weighted by atomic mass is 10.0. The number of aliphatic carboxylic acids is 2. The van der Waals surface area contributed by atoms with Gasteiger partial charge in [0.05, 0.1) is 6.04 Å². The molecule has 0 aromatic heterocycles. The number of rotatable bonds is 12. The lowest BCUT2D eigenvalue weighted by Crippen LogP contribution is -2.55. The average Bonchev–Trinajstić information content (AvgIpc) is 2.52. The third-order valence-corrected chi connectivity index (χ3v) is 4.12. The standard InChI is InChI=1S/C15H27N3O6S/c1-8(2)12(15(23)24)18-14(22)10(4-5-11(19)20)17-13(21)9(16)6-7-25-3/h8-10,12H,4-7,16H2,1-3H3,(H,17,21)(H,18,22)(H,19,20)(H,23,24)/t9-,10-,12-/m0/s1. The Morgan fingerprint density at radius 3 is 2.08 bits per heavy atom. The lowest BCUT2D eigenvalue weighted by molar-refractivity contribution is -0.144. The van der Waals surface area contributed by atoms with Crippen LogP contribution < -0.4 is 16.4 Å². The summed E-state index contributed by atoms with van der Waals surface area (Å²) >= 11 is 1.52. The molecular weight excluding hydrogens is 350 g/mol. The highest BCUT2D eigenvalue weighted by atomic mass is 32.2. The third-order valence-electron chi connectivity index (χ3n) is 3.48. The van der Waals surface area contributed by atoms with E-state index in [1.165, 1.54) is 11.8 Å². The van der Waals surface area contributed by atoms with E-state index in [0.717, 1.165) is 0 Å². The van der Waals surface area contributed by atoms with Crippen molar-refractivity contribution in [2.75, 3.05) is 12.0 Å². The summed E-state index contributed by atoms with van der Waals surface area (Å²) in [5.74, 6) is -3.36. The smallest absolute Gasteiger partial charge is 0.326 e. The van der Waals surface area contributed by atoms with Gasteiger partial charge in [-0.2, -0.15) is 11.8 Å². The highest BCUT2D eigenvalue weighted by molar-refractivity contribution is 7.98. The fraction of sp³-hybridized carbons (Fsp3) is 0.733. The van der Waals surface area contributed by atoms with E-state index in [2.05, 4.69) is 10.6 Å².